The highest BCUT2D eigenvalue weighted by molar-refractivity contribution is 5.44. The van der Waals surface area contributed by atoms with Crippen LogP contribution in [0.3, 0.4) is 0 Å². The van der Waals surface area contributed by atoms with Crippen molar-refractivity contribution < 1.29 is 0 Å². The molecule has 2 aliphatic heterocycles. The molecular formula is C19H29N7. The first kappa shape index (κ1) is 17.3. The molecule has 7 nitrogen and oxygen atoms in total. The van der Waals surface area contributed by atoms with Gasteiger partial charge in [-0.05, 0) is 44.7 Å². The van der Waals surface area contributed by atoms with Gasteiger partial charge in [0.15, 0.2) is 0 Å². The number of fused-ring (bicyclic) bond motifs is 1. The zero-order chi connectivity index (χ0) is 17.8. The van der Waals surface area contributed by atoms with Crippen molar-refractivity contribution in [2.24, 2.45) is 0 Å². The molecular weight excluding hydrogens is 326 g/mol. The lowest BCUT2D eigenvalue weighted by Gasteiger charge is -2.27. The van der Waals surface area contributed by atoms with E-state index in [2.05, 4.69) is 39.3 Å². The molecule has 2 N–H and O–H groups in total. The van der Waals surface area contributed by atoms with Crippen molar-refractivity contribution in [1.29, 1.82) is 0 Å². The highest BCUT2D eigenvalue weighted by Crippen LogP contribution is 2.19. The summed E-state index contributed by atoms with van der Waals surface area (Å²) in [5.74, 6) is 1.77. The highest BCUT2D eigenvalue weighted by Gasteiger charge is 2.16. The summed E-state index contributed by atoms with van der Waals surface area (Å²) in [6, 6.07) is 4.26. The van der Waals surface area contributed by atoms with E-state index in [9.17, 15) is 0 Å². The minimum atomic E-state index is 0.694. The van der Waals surface area contributed by atoms with Gasteiger partial charge >= 0.3 is 0 Å². The Morgan fingerprint density at radius 1 is 1.04 bits per heavy atom. The first-order valence-corrected chi connectivity index (χ1v) is 9.95. The summed E-state index contributed by atoms with van der Waals surface area (Å²) in [6.07, 6.45) is 5.83. The van der Waals surface area contributed by atoms with Crippen LogP contribution in [0.4, 0.5) is 11.8 Å². The molecule has 2 aromatic rings. The SMILES string of the molecule is CCc1cc(NCc2cc3n(n2)CCCNC3)nc(N2CCCCC2)n1. The molecule has 26 heavy (non-hydrogen) atoms. The van der Waals surface area contributed by atoms with Crippen LogP contribution < -0.4 is 15.5 Å². The van der Waals surface area contributed by atoms with Crippen LogP contribution in [0.1, 0.15) is 49.7 Å². The minimum absolute atomic E-state index is 0.694. The smallest absolute Gasteiger partial charge is 0.227 e. The number of rotatable bonds is 5. The Morgan fingerprint density at radius 2 is 1.92 bits per heavy atom. The number of aromatic nitrogens is 4. The lowest BCUT2D eigenvalue weighted by molar-refractivity contribution is 0.567. The van der Waals surface area contributed by atoms with Gasteiger partial charge in [-0.15, -0.1) is 0 Å². The van der Waals surface area contributed by atoms with Gasteiger partial charge in [-0.1, -0.05) is 6.92 Å². The van der Waals surface area contributed by atoms with Crippen LogP contribution in [-0.4, -0.2) is 39.4 Å². The van der Waals surface area contributed by atoms with Crippen LogP contribution in [0.15, 0.2) is 12.1 Å². The third kappa shape index (κ3) is 3.98. The minimum Gasteiger partial charge on any atom is -0.364 e. The van der Waals surface area contributed by atoms with E-state index in [1.807, 2.05) is 0 Å². The van der Waals surface area contributed by atoms with Crippen LogP contribution in [0, 0.1) is 0 Å². The third-order valence-electron chi connectivity index (χ3n) is 5.16. The average Bonchev–Trinajstić information content (AvgIpc) is 2.96. The van der Waals surface area contributed by atoms with Gasteiger partial charge < -0.3 is 15.5 Å². The van der Waals surface area contributed by atoms with E-state index in [-0.39, 0.29) is 0 Å². The molecule has 0 spiro atoms. The Labute approximate surface area is 155 Å². The number of nitrogens with zero attached hydrogens (tertiary/aromatic N) is 5. The van der Waals surface area contributed by atoms with Crippen LogP contribution in [0.25, 0.3) is 0 Å². The summed E-state index contributed by atoms with van der Waals surface area (Å²) in [6.45, 7) is 7.93. The van der Waals surface area contributed by atoms with Crippen molar-refractivity contribution in [3.8, 4) is 0 Å². The summed E-state index contributed by atoms with van der Waals surface area (Å²) < 4.78 is 2.13. The van der Waals surface area contributed by atoms with Gasteiger partial charge in [0, 0.05) is 37.9 Å². The molecule has 140 valence electrons. The molecule has 0 saturated carbocycles. The Balaban J connectivity index is 1.47. The molecule has 0 unspecified atom stereocenters. The molecule has 7 heteroatoms. The van der Waals surface area contributed by atoms with Gasteiger partial charge in [0.1, 0.15) is 5.82 Å². The molecule has 0 aromatic carbocycles. The molecule has 0 bridgehead atoms. The second kappa shape index (κ2) is 8.03. The number of hydrogen-bond donors (Lipinski definition) is 2. The molecule has 4 rings (SSSR count). The van der Waals surface area contributed by atoms with E-state index in [0.717, 1.165) is 68.7 Å². The molecule has 4 heterocycles. The van der Waals surface area contributed by atoms with Crippen molar-refractivity contribution in [2.45, 2.75) is 58.7 Å². The summed E-state index contributed by atoms with van der Waals surface area (Å²) in [4.78, 5) is 11.8. The lowest BCUT2D eigenvalue weighted by Crippen LogP contribution is -2.31. The van der Waals surface area contributed by atoms with Gasteiger partial charge in [0.2, 0.25) is 5.95 Å². The molecule has 0 atom stereocenters. The van der Waals surface area contributed by atoms with Crippen LogP contribution in [0.2, 0.25) is 0 Å². The summed E-state index contributed by atoms with van der Waals surface area (Å²) >= 11 is 0. The fourth-order valence-corrected chi connectivity index (χ4v) is 3.68. The average molecular weight is 355 g/mol. The predicted octanol–water partition coefficient (Wildman–Crippen LogP) is 2.33. The second-order valence-corrected chi connectivity index (χ2v) is 7.18. The first-order chi connectivity index (χ1) is 12.8. The number of aryl methyl sites for hydroxylation is 2. The highest BCUT2D eigenvalue weighted by atomic mass is 15.3. The maximum atomic E-state index is 4.77. The predicted molar refractivity (Wildman–Crippen MR) is 103 cm³/mol. The van der Waals surface area contributed by atoms with Crippen LogP contribution >= 0.6 is 0 Å². The molecule has 2 aromatic heterocycles. The maximum absolute atomic E-state index is 4.77. The van der Waals surface area contributed by atoms with Gasteiger partial charge in [0.25, 0.3) is 0 Å². The van der Waals surface area contributed by atoms with E-state index in [1.165, 1.54) is 25.0 Å². The van der Waals surface area contributed by atoms with Gasteiger partial charge in [-0.3, -0.25) is 4.68 Å². The standard InChI is InChI=1S/C19H29N7/c1-2-15-12-18(23-19(22-15)25-8-4-3-5-9-25)21-13-16-11-17-14-20-7-6-10-26(17)24-16/h11-12,20H,2-10,13-14H2,1H3,(H,21,22,23). The van der Waals surface area contributed by atoms with Crippen molar-refractivity contribution >= 4 is 11.8 Å². The maximum Gasteiger partial charge on any atom is 0.227 e. The van der Waals surface area contributed by atoms with E-state index in [4.69, 9.17) is 15.1 Å². The normalized spacial score (nSPS) is 17.7. The zero-order valence-electron chi connectivity index (χ0n) is 15.7. The van der Waals surface area contributed by atoms with E-state index < -0.39 is 0 Å². The zero-order valence-corrected chi connectivity index (χ0v) is 15.7. The molecule has 0 amide bonds. The van der Waals surface area contributed by atoms with Crippen molar-refractivity contribution in [3.05, 3.63) is 29.2 Å². The van der Waals surface area contributed by atoms with Crippen molar-refractivity contribution in [3.63, 3.8) is 0 Å². The summed E-state index contributed by atoms with van der Waals surface area (Å²) in [5.41, 5.74) is 3.43. The fraction of sp³-hybridized carbons (Fsp3) is 0.632. The molecule has 0 aliphatic carbocycles. The monoisotopic (exact) mass is 355 g/mol. The Hall–Kier alpha value is -2.15. The van der Waals surface area contributed by atoms with Crippen LogP contribution in [-0.2, 0) is 26.1 Å². The van der Waals surface area contributed by atoms with Crippen molar-refractivity contribution in [2.75, 3.05) is 29.9 Å². The van der Waals surface area contributed by atoms with Gasteiger partial charge in [0.05, 0.1) is 17.9 Å². The van der Waals surface area contributed by atoms with E-state index >= 15 is 0 Å². The largest absolute Gasteiger partial charge is 0.364 e. The Morgan fingerprint density at radius 3 is 2.77 bits per heavy atom. The third-order valence-corrected chi connectivity index (χ3v) is 5.16. The lowest BCUT2D eigenvalue weighted by atomic mass is 10.1. The number of nitrogens with one attached hydrogen (secondary N) is 2. The van der Waals surface area contributed by atoms with Crippen molar-refractivity contribution in [1.82, 2.24) is 25.1 Å². The second-order valence-electron chi connectivity index (χ2n) is 7.18. The summed E-state index contributed by atoms with van der Waals surface area (Å²) in [7, 11) is 0. The fourth-order valence-electron chi connectivity index (χ4n) is 3.68. The number of hydrogen-bond acceptors (Lipinski definition) is 6. The molecule has 0 radical (unpaired) electrons. The Bertz CT molecular complexity index is 710. The quantitative estimate of drug-likeness (QED) is 0.858. The number of piperidine rings is 1. The van der Waals surface area contributed by atoms with Crippen LogP contribution in [0.5, 0.6) is 0 Å². The van der Waals surface area contributed by atoms with Gasteiger partial charge in [-0.25, -0.2) is 4.98 Å². The topological polar surface area (TPSA) is 70.9 Å². The molecule has 1 saturated heterocycles. The number of anilines is 2. The molecule has 1 fully saturated rings. The van der Waals surface area contributed by atoms with E-state index in [1.54, 1.807) is 0 Å². The Kier molecular flexibility index (Phi) is 5.34. The van der Waals surface area contributed by atoms with E-state index in [0.29, 0.717) is 6.54 Å². The molecule has 2 aliphatic rings. The first-order valence-electron chi connectivity index (χ1n) is 9.95. The van der Waals surface area contributed by atoms with Gasteiger partial charge in [-0.2, -0.15) is 10.1 Å². The summed E-state index contributed by atoms with van der Waals surface area (Å²) in [5, 5.41) is 11.6.